The van der Waals surface area contributed by atoms with Crippen LogP contribution in [0, 0.1) is 11.7 Å². The Kier molecular flexibility index (Phi) is 7.91. The van der Waals surface area contributed by atoms with Gasteiger partial charge in [0.15, 0.2) is 0 Å². The molecule has 0 N–H and O–H groups in total. The van der Waals surface area contributed by atoms with Crippen LogP contribution in [0.4, 0.5) is 4.39 Å². The molecule has 1 aliphatic heterocycles. The van der Waals surface area contributed by atoms with Gasteiger partial charge in [-0.1, -0.05) is 49.4 Å². The average Bonchev–Trinajstić information content (AvgIpc) is 3.27. The fourth-order valence-electron chi connectivity index (χ4n) is 6.44. The Morgan fingerprint density at radius 3 is 2.44 bits per heavy atom. The SMILES string of the molecule is CCN1C[C@@H]2c3c(OCCCCc4ccc(F)cc4)ccc(OC)c3CCC2[C@H]1Cc1ccccc1. The van der Waals surface area contributed by atoms with Crippen LogP contribution in [0.2, 0.25) is 0 Å². The van der Waals surface area contributed by atoms with E-state index in [-0.39, 0.29) is 5.82 Å². The molecule has 0 spiro atoms. The summed E-state index contributed by atoms with van der Waals surface area (Å²) in [6.07, 6.45) is 6.30. The van der Waals surface area contributed by atoms with Crippen molar-refractivity contribution in [2.24, 2.45) is 5.92 Å². The summed E-state index contributed by atoms with van der Waals surface area (Å²) in [6, 6.07) is 22.5. The van der Waals surface area contributed by atoms with E-state index in [0.29, 0.717) is 24.5 Å². The lowest BCUT2D eigenvalue weighted by Gasteiger charge is -2.33. The Hall–Kier alpha value is -2.85. The third-order valence-corrected chi connectivity index (χ3v) is 8.23. The van der Waals surface area contributed by atoms with Crippen LogP contribution in [-0.4, -0.2) is 37.7 Å². The third-order valence-electron chi connectivity index (χ3n) is 8.23. The first-order chi connectivity index (χ1) is 17.7. The van der Waals surface area contributed by atoms with Gasteiger partial charge in [-0.3, -0.25) is 4.90 Å². The number of unbranched alkanes of at least 4 members (excludes halogenated alkanes) is 1. The topological polar surface area (TPSA) is 21.7 Å². The zero-order valence-corrected chi connectivity index (χ0v) is 21.6. The predicted molar refractivity (Wildman–Crippen MR) is 144 cm³/mol. The third kappa shape index (κ3) is 5.29. The molecule has 1 fully saturated rings. The lowest BCUT2D eigenvalue weighted by Crippen LogP contribution is -2.35. The maximum absolute atomic E-state index is 13.2. The molecule has 3 nitrogen and oxygen atoms in total. The minimum Gasteiger partial charge on any atom is -0.496 e. The molecule has 1 unspecified atom stereocenters. The van der Waals surface area contributed by atoms with Crippen LogP contribution >= 0.6 is 0 Å². The Labute approximate surface area is 215 Å². The molecule has 0 saturated carbocycles. The standard InChI is InChI=1S/C32H38FNO2/c1-3-34-22-28-26(29(34)21-24-10-5-4-6-11-24)16-17-27-30(35-2)18-19-31(32(27)28)36-20-8-7-9-23-12-14-25(33)15-13-23/h4-6,10-15,18-19,26,28-29H,3,7-9,16-17,20-22H2,1-2H3/t26?,28-,29+/m0/s1. The van der Waals surface area contributed by atoms with Crippen molar-refractivity contribution >= 4 is 0 Å². The van der Waals surface area contributed by atoms with Gasteiger partial charge in [0.2, 0.25) is 0 Å². The van der Waals surface area contributed by atoms with E-state index in [9.17, 15) is 4.39 Å². The van der Waals surface area contributed by atoms with Crippen molar-refractivity contribution < 1.29 is 13.9 Å². The summed E-state index contributed by atoms with van der Waals surface area (Å²) in [4.78, 5) is 2.68. The maximum Gasteiger partial charge on any atom is 0.123 e. The highest BCUT2D eigenvalue weighted by atomic mass is 19.1. The number of benzene rings is 3. The number of likely N-dealkylation sites (tertiary alicyclic amines) is 1. The number of fused-ring (bicyclic) bond motifs is 3. The molecule has 5 rings (SSSR count). The fourth-order valence-corrected chi connectivity index (χ4v) is 6.44. The van der Waals surface area contributed by atoms with Crippen molar-refractivity contribution in [2.45, 2.75) is 57.4 Å². The Morgan fingerprint density at radius 1 is 0.917 bits per heavy atom. The van der Waals surface area contributed by atoms with Crippen molar-refractivity contribution in [3.63, 3.8) is 0 Å². The molecular formula is C32H38FNO2. The van der Waals surface area contributed by atoms with Gasteiger partial charge in [-0.2, -0.15) is 0 Å². The first kappa shape index (κ1) is 24.8. The van der Waals surface area contributed by atoms with Crippen LogP contribution in [0.25, 0.3) is 0 Å². The Balaban J connectivity index is 1.30. The molecule has 2 aliphatic rings. The zero-order chi connectivity index (χ0) is 24.9. The van der Waals surface area contributed by atoms with Crippen LogP contribution < -0.4 is 9.47 Å². The smallest absolute Gasteiger partial charge is 0.123 e. The van der Waals surface area contributed by atoms with Gasteiger partial charge in [-0.15, -0.1) is 0 Å². The van der Waals surface area contributed by atoms with Crippen molar-refractivity contribution in [2.75, 3.05) is 26.8 Å². The van der Waals surface area contributed by atoms with Crippen LogP contribution in [0.5, 0.6) is 11.5 Å². The summed E-state index contributed by atoms with van der Waals surface area (Å²) in [6.45, 7) is 5.14. The van der Waals surface area contributed by atoms with Gasteiger partial charge in [0.25, 0.3) is 0 Å². The lowest BCUT2D eigenvalue weighted by molar-refractivity contribution is 0.227. The molecule has 3 aromatic rings. The number of ether oxygens (including phenoxy) is 2. The Bertz CT molecular complexity index is 1130. The monoisotopic (exact) mass is 487 g/mol. The quantitative estimate of drug-likeness (QED) is 0.293. The van der Waals surface area contributed by atoms with E-state index < -0.39 is 0 Å². The number of hydrogen-bond donors (Lipinski definition) is 0. The molecule has 190 valence electrons. The van der Waals surface area contributed by atoms with Crippen molar-refractivity contribution in [3.8, 4) is 11.5 Å². The van der Waals surface area contributed by atoms with Gasteiger partial charge in [0.1, 0.15) is 17.3 Å². The second-order valence-corrected chi connectivity index (χ2v) is 10.2. The number of hydrogen-bond acceptors (Lipinski definition) is 3. The van der Waals surface area contributed by atoms with Crippen LogP contribution in [0.15, 0.2) is 66.7 Å². The number of likely N-dealkylation sites (N-methyl/N-ethyl adjacent to an activating group) is 1. The first-order valence-corrected chi connectivity index (χ1v) is 13.5. The summed E-state index contributed by atoms with van der Waals surface area (Å²) < 4.78 is 25.4. The molecule has 3 atom stereocenters. The Morgan fingerprint density at radius 2 is 1.69 bits per heavy atom. The highest BCUT2D eigenvalue weighted by Crippen LogP contribution is 2.51. The molecule has 3 aromatic carbocycles. The van der Waals surface area contributed by atoms with Crippen LogP contribution in [-0.2, 0) is 19.3 Å². The normalized spacial score (nSPS) is 21.1. The zero-order valence-electron chi connectivity index (χ0n) is 21.6. The van der Waals surface area contributed by atoms with E-state index in [1.165, 1.54) is 40.8 Å². The van der Waals surface area contributed by atoms with E-state index in [0.717, 1.165) is 56.7 Å². The van der Waals surface area contributed by atoms with E-state index in [2.05, 4.69) is 54.3 Å². The summed E-state index contributed by atoms with van der Waals surface area (Å²) in [5, 5.41) is 0. The van der Waals surface area contributed by atoms with Gasteiger partial charge in [0.05, 0.1) is 13.7 Å². The maximum atomic E-state index is 13.2. The van der Waals surface area contributed by atoms with Crippen LogP contribution in [0.1, 0.15) is 54.4 Å². The van der Waals surface area contributed by atoms with Gasteiger partial charge in [0, 0.05) is 29.6 Å². The minimum atomic E-state index is -0.177. The van der Waals surface area contributed by atoms with Gasteiger partial charge in [-0.25, -0.2) is 4.39 Å². The molecule has 0 amide bonds. The summed E-state index contributed by atoms with van der Waals surface area (Å²) >= 11 is 0. The number of nitrogens with zero attached hydrogens (tertiary/aromatic N) is 1. The fraction of sp³-hybridized carbons (Fsp3) is 0.438. The molecule has 1 heterocycles. The van der Waals surface area contributed by atoms with Crippen molar-refractivity contribution in [3.05, 3.63) is 94.8 Å². The van der Waals surface area contributed by atoms with Gasteiger partial charge < -0.3 is 9.47 Å². The predicted octanol–water partition coefficient (Wildman–Crippen LogP) is 6.83. The van der Waals surface area contributed by atoms with E-state index in [4.69, 9.17) is 9.47 Å². The summed E-state index contributed by atoms with van der Waals surface area (Å²) in [5.41, 5.74) is 5.34. The molecule has 36 heavy (non-hydrogen) atoms. The number of rotatable bonds is 10. The highest BCUT2D eigenvalue weighted by molar-refractivity contribution is 5.53. The number of aryl methyl sites for hydroxylation is 1. The number of halogens is 1. The molecular weight excluding hydrogens is 449 g/mol. The minimum absolute atomic E-state index is 0.177. The van der Waals surface area contributed by atoms with Gasteiger partial charge in [-0.05, 0) is 86.4 Å². The molecule has 0 bridgehead atoms. The average molecular weight is 488 g/mol. The lowest BCUT2D eigenvalue weighted by atomic mass is 9.73. The highest BCUT2D eigenvalue weighted by Gasteiger charge is 2.45. The number of methoxy groups -OCH3 is 1. The van der Waals surface area contributed by atoms with Crippen molar-refractivity contribution in [1.29, 1.82) is 0 Å². The van der Waals surface area contributed by atoms with Crippen LogP contribution in [0.3, 0.4) is 0 Å². The van der Waals surface area contributed by atoms with Gasteiger partial charge >= 0.3 is 0 Å². The molecule has 0 radical (unpaired) electrons. The molecule has 4 heteroatoms. The molecule has 1 saturated heterocycles. The second kappa shape index (κ2) is 11.5. The van der Waals surface area contributed by atoms with E-state index in [1.807, 2.05) is 12.1 Å². The first-order valence-electron chi connectivity index (χ1n) is 13.5. The van der Waals surface area contributed by atoms with E-state index >= 15 is 0 Å². The molecule has 0 aromatic heterocycles. The van der Waals surface area contributed by atoms with Crippen molar-refractivity contribution in [1.82, 2.24) is 4.90 Å². The summed E-state index contributed by atoms with van der Waals surface area (Å²) in [5.74, 6) is 2.97. The second-order valence-electron chi connectivity index (χ2n) is 10.2. The largest absolute Gasteiger partial charge is 0.496 e. The van der Waals surface area contributed by atoms with E-state index in [1.54, 1.807) is 7.11 Å². The molecule has 1 aliphatic carbocycles. The summed E-state index contributed by atoms with van der Waals surface area (Å²) in [7, 11) is 1.78.